The van der Waals surface area contributed by atoms with Gasteiger partial charge in [-0.2, -0.15) is 0 Å². The van der Waals surface area contributed by atoms with E-state index in [4.69, 9.17) is 4.42 Å². The van der Waals surface area contributed by atoms with Crippen molar-refractivity contribution in [3.63, 3.8) is 0 Å². The Morgan fingerprint density at radius 2 is 1.36 bits per heavy atom. The van der Waals surface area contributed by atoms with Crippen LogP contribution in [0.4, 0.5) is 0 Å². The molecule has 3 aromatic heterocycles. The molecule has 0 radical (unpaired) electrons. The second-order valence-corrected chi connectivity index (χ2v) is 11.4. The van der Waals surface area contributed by atoms with Crippen molar-refractivity contribution in [3.05, 3.63) is 125 Å². The van der Waals surface area contributed by atoms with Crippen molar-refractivity contribution in [1.82, 2.24) is 4.57 Å². The number of fused-ring (bicyclic) bond motifs is 9. The van der Waals surface area contributed by atoms with E-state index in [1.807, 2.05) is 11.3 Å². The highest BCUT2D eigenvalue weighted by atomic mass is 32.1. The molecule has 0 atom stereocenters. The molecule has 3 heterocycles. The van der Waals surface area contributed by atoms with E-state index in [0.29, 0.717) is 0 Å². The Morgan fingerprint density at radius 3 is 2.18 bits per heavy atom. The third-order valence-corrected chi connectivity index (χ3v) is 9.52. The standard InChI is InChI=1S/C36H23NOS/c1-4-16-31-23(9-1)24-10-2-5-17-32(24)37(31)22-19-20-25-27-12-7-13-28(35(27)38-33(25)21-22)30-15-8-14-29-26-11-3-6-18-34(26)39-36(29)30/h1-6,8-12,14-21H,7,13H2. The highest BCUT2D eigenvalue weighted by Crippen LogP contribution is 2.39. The van der Waals surface area contributed by atoms with Gasteiger partial charge in [-0.15, -0.1) is 11.3 Å². The van der Waals surface area contributed by atoms with E-state index in [9.17, 15) is 0 Å². The minimum absolute atomic E-state index is 0.943. The lowest BCUT2D eigenvalue weighted by Crippen LogP contribution is -2.26. The zero-order valence-electron chi connectivity index (χ0n) is 21.1. The minimum Gasteiger partial charge on any atom is -0.456 e. The Labute approximate surface area is 228 Å². The molecule has 8 aromatic rings. The van der Waals surface area contributed by atoms with Crippen LogP contribution in [-0.2, 0) is 0 Å². The van der Waals surface area contributed by atoms with Crippen LogP contribution in [0.3, 0.4) is 0 Å². The maximum Gasteiger partial charge on any atom is 0.138 e. The van der Waals surface area contributed by atoms with E-state index in [-0.39, 0.29) is 0 Å². The molecule has 39 heavy (non-hydrogen) atoms. The summed E-state index contributed by atoms with van der Waals surface area (Å²) >= 11 is 1.89. The van der Waals surface area contributed by atoms with Gasteiger partial charge in [-0.25, -0.2) is 0 Å². The first-order valence-corrected chi connectivity index (χ1v) is 14.3. The van der Waals surface area contributed by atoms with Crippen molar-refractivity contribution in [2.24, 2.45) is 0 Å². The first-order chi connectivity index (χ1) is 19.3. The Hall–Kier alpha value is -4.60. The number of hydrogen-bond donors (Lipinski definition) is 0. The summed E-state index contributed by atoms with van der Waals surface area (Å²) in [6.45, 7) is 0. The fourth-order valence-electron chi connectivity index (χ4n) is 6.59. The van der Waals surface area contributed by atoms with Crippen LogP contribution in [0.25, 0.3) is 70.3 Å². The summed E-state index contributed by atoms with van der Waals surface area (Å²) in [6, 6.07) is 39.5. The van der Waals surface area contributed by atoms with Gasteiger partial charge < -0.3 is 8.98 Å². The molecule has 1 aliphatic carbocycles. The second kappa shape index (κ2) is 7.95. The van der Waals surface area contributed by atoms with Crippen LogP contribution in [-0.4, -0.2) is 4.57 Å². The Morgan fingerprint density at radius 1 is 0.641 bits per heavy atom. The van der Waals surface area contributed by atoms with Crippen molar-refractivity contribution >= 4 is 75.9 Å². The number of benzene rings is 5. The summed E-state index contributed by atoms with van der Waals surface area (Å²) in [6.07, 6.45) is 4.36. The fourth-order valence-corrected chi connectivity index (χ4v) is 7.83. The predicted octanol–water partition coefficient (Wildman–Crippen LogP) is 8.67. The van der Waals surface area contributed by atoms with Gasteiger partial charge in [0.2, 0.25) is 0 Å². The predicted molar refractivity (Wildman–Crippen MR) is 165 cm³/mol. The Balaban J connectivity index is 1.32. The smallest absolute Gasteiger partial charge is 0.138 e. The van der Waals surface area contributed by atoms with Crippen molar-refractivity contribution in [2.45, 2.75) is 12.8 Å². The number of para-hydroxylation sites is 2. The van der Waals surface area contributed by atoms with Crippen molar-refractivity contribution < 1.29 is 4.42 Å². The molecular weight excluding hydrogens is 494 g/mol. The molecule has 3 heteroatoms. The van der Waals surface area contributed by atoms with Crippen LogP contribution >= 0.6 is 11.3 Å². The zero-order valence-corrected chi connectivity index (χ0v) is 22.0. The number of rotatable bonds is 2. The van der Waals surface area contributed by atoms with E-state index >= 15 is 0 Å². The van der Waals surface area contributed by atoms with Crippen LogP contribution in [0, 0.1) is 0 Å². The number of thiophene rings is 1. The molecule has 0 N–H and O–H groups in total. The van der Waals surface area contributed by atoms with E-state index in [0.717, 1.165) is 29.5 Å². The van der Waals surface area contributed by atoms with E-state index in [2.05, 4.69) is 120 Å². The van der Waals surface area contributed by atoms with Gasteiger partial charge in [0, 0.05) is 58.9 Å². The van der Waals surface area contributed by atoms with Gasteiger partial charge in [-0.3, -0.25) is 0 Å². The van der Waals surface area contributed by atoms with Crippen molar-refractivity contribution in [1.29, 1.82) is 0 Å². The van der Waals surface area contributed by atoms with Crippen LogP contribution in [0.1, 0.15) is 18.4 Å². The van der Waals surface area contributed by atoms with Crippen LogP contribution in [0.2, 0.25) is 0 Å². The molecule has 184 valence electrons. The molecule has 0 fully saturated rings. The molecular formula is C36H23NOS. The highest BCUT2D eigenvalue weighted by molar-refractivity contribution is 7.26. The number of furan rings is 1. The molecule has 0 saturated carbocycles. The van der Waals surface area contributed by atoms with Crippen molar-refractivity contribution in [3.8, 4) is 5.69 Å². The molecule has 0 unspecified atom stereocenters. The molecule has 0 aliphatic heterocycles. The lowest BCUT2D eigenvalue weighted by Gasteiger charge is -2.09. The average Bonchev–Trinajstić information content (AvgIpc) is 3.66. The zero-order chi connectivity index (χ0) is 25.5. The lowest BCUT2D eigenvalue weighted by molar-refractivity contribution is 0.568. The molecule has 0 bridgehead atoms. The maximum absolute atomic E-state index is 6.77. The molecule has 9 rings (SSSR count). The number of hydrogen-bond acceptors (Lipinski definition) is 2. The molecule has 0 spiro atoms. The summed E-state index contributed by atoms with van der Waals surface area (Å²) in [5, 5.41) is 7.64. The first-order valence-electron chi connectivity index (χ1n) is 13.5. The van der Waals surface area contributed by atoms with Gasteiger partial charge in [0.05, 0.1) is 11.0 Å². The normalized spacial score (nSPS) is 13.6. The Kier molecular flexibility index (Phi) is 4.35. The quantitative estimate of drug-likeness (QED) is 0.224. The van der Waals surface area contributed by atoms with Crippen molar-refractivity contribution in [2.75, 3.05) is 0 Å². The fraction of sp³-hybridized carbons (Fsp3) is 0.0556. The van der Waals surface area contributed by atoms with Gasteiger partial charge in [-0.05, 0) is 48.7 Å². The lowest BCUT2D eigenvalue weighted by atomic mass is 9.95. The van der Waals surface area contributed by atoms with Gasteiger partial charge in [0.25, 0.3) is 0 Å². The maximum atomic E-state index is 6.77. The third kappa shape index (κ3) is 2.96. The van der Waals surface area contributed by atoms with Crippen LogP contribution < -0.4 is 10.6 Å². The molecule has 1 aliphatic rings. The second-order valence-electron chi connectivity index (χ2n) is 10.4. The SMILES string of the molecule is C1=c2c(oc3cc(-n4c5ccccc5c5ccccc54)ccc23)=C(c2cccc3c2sc2ccccc23)CC1. The third-order valence-electron chi connectivity index (χ3n) is 8.30. The van der Waals surface area contributed by atoms with Crippen LogP contribution in [0.15, 0.2) is 114 Å². The van der Waals surface area contributed by atoms with Gasteiger partial charge in [0.15, 0.2) is 0 Å². The minimum atomic E-state index is 0.943. The molecule has 0 amide bonds. The monoisotopic (exact) mass is 517 g/mol. The Bertz CT molecular complexity index is 2350. The summed E-state index contributed by atoms with van der Waals surface area (Å²) < 4.78 is 11.8. The van der Waals surface area contributed by atoms with Crippen LogP contribution in [0.5, 0.6) is 0 Å². The summed E-state index contributed by atoms with van der Waals surface area (Å²) in [7, 11) is 0. The number of nitrogens with zero attached hydrogens (tertiary/aromatic N) is 1. The summed E-state index contributed by atoms with van der Waals surface area (Å²) in [4.78, 5) is 0. The van der Waals surface area contributed by atoms with E-state index < -0.39 is 0 Å². The first kappa shape index (κ1) is 21.3. The molecule has 0 saturated heterocycles. The summed E-state index contributed by atoms with van der Waals surface area (Å²) in [5.74, 6) is 0. The van der Waals surface area contributed by atoms with E-state index in [1.165, 1.54) is 63.7 Å². The van der Waals surface area contributed by atoms with Gasteiger partial charge in [-0.1, -0.05) is 78.9 Å². The highest BCUT2D eigenvalue weighted by Gasteiger charge is 2.19. The number of aromatic nitrogens is 1. The average molecular weight is 518 g/mol. The topological polar surface area (TPSA) is 18.1 Å². The van der Waals surface area contributed by atoms with Gasteiger partial charge >= 0.3 is 0 Å². The molecule has 5 aromatic carbocycles. The molecule has 2 nitrogen and oxygen atoms in total. The van der Waals surface area contributed by atoms with Gasteiger partial charge in [0.1, 0.15) is 11.0 Å². The summed E-state index contributed by atoms with van der Waals surface area (Å²) in [5.41, 5.74) is 8.15. The largest absolute Gasteiger partial charge is 0.456 e. The van der Waals surface area contributed by atoms with E-state index in [1.54, 1.807) is 0 Å².